The summed E-state index contributed by atoms with van der Waals surface area (Å²) in [6.45, 7) is 3.08. The number of carbonyl (C=O) groups excluding carboxylic acids is 2. The van der Waals surface area contributed by atoms with E-state index in [-0.39, 0.29) is 5.69 Å². The highest BCUT2D eigenvalue weighted by Gasteiger charge is 2.42. The molecule has 0 saturated carbocycles. The van der Waals surface area contributed by atoms with Crippen LogP contribution in [0.4, 0.5) is 14.9 Å². The highest BCUT2D eigenvalue weighted by atomic mass is 19.1. The van der Waals surface area contributed by atoms with Gasteiger partial charge in [-0.25, -0.2) is 9.18 Å². The van der Waals surface area contributed by atoms with Gasteiger partial charge in [-0.05, 0) is 43.3 Å². The van der Waals surface area contributed by atoms with Gasteiger partial charge < -0.3 is 15.2 Å². The molecule has 32 heavy (non-hydrogen) atoms. The summed E-state index contributed by atoms with van der Waals surface area (Å²) in [6.07, 6.45) is -0.398. The molecule has 1 fully saturated rings. The van der Waals surface area contributed by atoms with Gasteiger partial charge in [0, 0.05) is 17.3 Å². The van der Waals surface area contributed by atoms with Gasteiger partial charge in [0.25, 0.3) is 6.29 Å². The Kier molecular flexibility index (Phi) is 5.53. The maximum atomic E-state index is 14.9. The fourth-order valence-electron chi connectivity index (χ4n) is 3.19. The molecule has 1 amide bonds. The number of amides is 1. The molecule has 0 spiro atoms. The van der Waals surface area contributed by atoms with Crippen LogP contribution in [0, 0.1) is 5.82 Å². The molecule has 166 valence electrons. The second-order valence-electron chi connectivity index (χ2n) is 7.29. The van der Waals surface area contributed by atoms with Crippen molar-refractivity contribution >= 4 is 17.7 Å². The Morgan fingerprint density at radius 2 is 2.09 bits per heavy atom. The van der Waals surface area contributed by atoms with Crippen molar-refractivity contribution < 1.29 is 23.5 Å². The molecule has 11 nitrogen and oxygen atoms in total. The number of tetrazole rings is 1. The van der Waals surface area contributed by atoms with Crippen molar-refractivity contribution in [3.05, 3.63) is 42.3 Å². The summed E-state index contributed by atoms with van der Waals surface area (Å²) in [4.78, 5) is 30.8. The fraction of sp³-hybridized carbons (Fsp3) is 0.300. The van der Waals surface area contributed by atoms with Crippen molar-refractivity contribution in [2.24, 2.45) is 12.8 Å². The number of hydrogen-bond donors (Lipinski definition) is 1. The van der Waals surface area contributed by atoms with E-state index in [4.69, 9.17) is 15.2 Å². The van der Waals surface area contributed by atoms with Crippen LogP contribution in [0.3, 0.4) is 0 Å². The van der Waals surface area contributed by atoms with E-state index in [1.54, 1.807) is 32.2 Å². The molecule has 2 aromatic heterocycles. The van der Waals surface area contributed by atoms with Crippen molar-refractivity contribution in [3.8, 4) is 22.6 Å². The summed E-state index contributed by atoms with van der Waals surface area (Å²) in [7, 11) is 1.64. The van der Waals surface area contributed by atoms with E-state index in [1.807, 2.05) is 0 Å². The summed E-state index contributed by atoms with van der Waals surface area (Å²) in [5, 5.41) is 11.7. The van der Waals surface area contributed by atoms with Crippen LogP contribution in [0.1, 0.15) is 13.8 Å². The van der Waals surface area contributed by atoms with Crippen LogP contribution >= 0.6 is 0 Å². The predicted octanol–water partition coefficient (Wildman–Crippen LogP) is 1.64. The first-order chi connectivity index (χ1) is 15.2. The third kappa shape index (κ3) is 3.99. The lowest BCUT2D eigenvalue weighted by molar-refractivity contribution is -0.166. The smallest absolute Gasteiger partial charge is 0.417 e. The number of cyclic esters (lactones) is 1. The van der Waals surface area contributed by atoms with Crippen molar-refractivity contribution in [1.82, 2.24) is 25.2 Å². The number of aromatic nitrogens is 5. The molecule has 1 aliphatic rings. The van der Waals surface area contributed by atoms with Gasteiger partial charge in [-0.1, -0.05) is 6.07 Å². The third-order valence-electron chi connectivity index (χ3n) is 4.86. The van der Waals surface area contributed by atoms with Gasteiger partial charge >= 0.3 is 12.1 Å². The summed E-state index contributed by atoms with van der Waals surface area (Å²) in [6, 6.07) is 6.13. The highest BCUT2D eigenvalue weighted by Crippen LogP contribution is 2.32. The SMILES string of the molecule is C[C@H](N)C(=O)OC1OC(=O)N(c2ccc(-c3ccc(-c4nnn(C)n4)nc3)c(F)c2)[C@@H]1C. The van der Waals surface area contributed by atoms with Crippen LogP contribution in [0.2, 0.25) is 0 Å². The second-order valence-corrected chi connectivity index (χ2v) is 7.29. The third-order valence-corrected chi connectivity index (χ3v) is 4.86. The van der Waals surface area contributed by atoms with E-state index in [2.05, 4.69) is 20.4 Å². The molecule has 3 aromatic rings. The molecule has 3 heterocycles. The number of ether oxygens (including phenoxy) is 2. The molecule has 0 aliphatic carbocycles. The zero-order valence-electron chi connectivity index (χ0n) is 17.5. The number of esters is 1. The Balaban J connectivity index is 1.54. The number of nitrogens with two attached hydrogens (primary N) is 1. The number of halogens is 1. The summed E-state index contributed by atoms with van der Waals surface area (Å²) >= 11 is 0. The van der Waals surface area contributed by atoms with Gasteiger partial charge in [0.1, 0.15) is 23.6 Å². The molecule has 0 radical (unpaired) electrons. The average Bonchev–Trinajstić information content (AvgIpc) is 3.31. The van der Waals surface area contributed by atoms with Crippen LogP contribution in [-0.4, -0.2) is 55.6 Å². The topological polar surface area (TPSA) is 138 Å². The molecule has 1 aromatic carbocycles. The normalized spacial score (nSPS) is 19.0. The maximum Gasteiger partial charge on any atom is 0.417 e. The van der Waals surface area contributed by atoms with Gasteiger partial charge in [0.15, 0.2) is 0 Å². The number of anilines is 1. The van der Waals surface area contributed by atoms with Crippen LogP contribution < -0.4 is 10.6 Å². The summed E-state index contributed by atoms with van der Waals surface area (Å²) < 4.78 is 25.2. The Hall–Kier alpha value is -3.93. The molecule has 2 N–H and O–H groups in total. The van der Waals surface area contributed by atoms with E-state index in [9.17, 15) is 14.0 Å². The molecule has 3 atom stereocenters. The minimum Gasteiger partial charge on any atom is -0.422 e. The number of benzene rings is 1. The molecule has 1 aliphatic heterocycles. The average molecular weight is 441 g/mol. The predicted molar refractivity (Wildman–Crippen MR) is 109 cm³/mol. The van der Waals surface area contributed by atoms with E-state index >= 15 is 0 Å². The molecule has 4 rings (SSSR count). The molecular weight excluding hydrogens is 421 g/mol. The number of nitrogens with zero attached hydrogens (tertiary/aromatic N) is 6. The lowest BCUT2D eigenvalue weighted by Gasteiger charge is -2.21. The van der Waals surface area contributed by atoms with Crippen molar-refractivity contribution in [3.63, 3.8) is 0 Å². The Bertz CT molecular complexity index is 1170. The first-order valence-electron chi connectivity index (χ1n) is 9.71. The van der Waals surface area contributed by atoms with Crippen LogP contribution in [0.15, 0.2) is 36.5 Å². The lowest BCUT2D eigenvalue weighted by atomic mass is 10.1. The van der Waals surface area contributed by atoms with E-state index in [0.717, 1.165) is 0 Å². The number of aryl methyl sites for hydroxylation is 1. The van der Waals surface area contributed by atoms with Gasteiger partial charge in [-0.15, -0.1) is 10.2 Å². The van der Waals surface area contributed by atoms with Gasteiger partial charge in [0.05, 0.1) is 12.7 Å². The minimum atomic E-state index is -1.14. The van der Waals surface area contributed by atoms with Crippen LogP contribution in [0.25, 0.3) is 22.6 Å². The van der Waals surface area contributed by atoms with E-state index < -0.39 is 36.3 Å². The first-order valence-corrected chi connectivity index (χ1v) is 9.71. The van der Waals surface area contributed by atoms with Crippen molar-refractivity contribution in [2.45, 2.75) is 32.2 Å². The second kappa shape index (κ2) is 8.30. The molecule has 1 unspecified atom stereocenters. The molecule has 1 saturated heterocycles. The lowest BCUT2D eigenvalue weighted by Crippen LogP contribution is -2.39. The Labute approximate surface area is 181 Å². The number of pyridine rings is 1. The molecular formula is C20H20FN7O4. The minimum absolute atomic E-state index is 0.261. The molecule has 12 heteroatoms. The zero-order chi connectivity index (χ0) is 23.0. The Morgan fingerprint density at radius 3 is 2.69 bits per heavy atom. The maximum absolute atomic E-state index is 14.9. The number of rotatable bonds is 5. The standard InChI is InChI=1S/C20H20FN7O4/c1-10(22)18(29)31-19-11(2)28(20(30)32-19)13-5-6-14(15(21)8-13)12-4-7-16(23-9-12)17-24-26-27(3)25-17/h4-11,19H,22H2,1-3H3/t10-,11+,19?/m0/s1. The van der Waals surface area contributed by atoms with Gasteiger partial charge in [0.2, 0.25) is 5.82 Å². The van der Waals surface area contributed by atoms with Crippen LogP contribution in [-0.2, 0) is 21.3 Å². The van der Waals surface area contributed by atoms with E-state index in [0.29, 0.717) is 22.6 Å². The zero-order valence-corrected chi connectivity index (χ0v) is 17.5. The first kappa shape index (κ1) is 21.3. The number of hydrogen-bond acceptors (Lipinski definition) is 9. The Morgan fingerprint density at radius 1 is 1.31 bits per heavy atom. The van der Waals surface area contributed by atoms with E-state index in [1.165, 1.54) is 34.9 Å². The van der Waals surface area contributed by atoms with Gasteiger partial charge in [-0.2, -0.15) is 4.80 Å². The van der Waals surface area contributed by atoms with Crippen molar-refractivity contribution in [2.75, 3.05) is 4.90 Å². The largest absolute Gasteiger partial charge is 0.422 e. The van der Waals surface area contributed by atoms with Crippen LogP contribution in [0.5, 0.6) is 0 Å². The van der Waals surface area contributed by atoms with Crippen molar-refractivity contribution in [1.29, 1.82) is 0 Å². The quantitative estimate of drug-likeness (QED) is 0.585. The molecule has 0 bridgehead atoms. The van der Waals surface area contributed by atoms with Gasteiger partial charge in [-0.3, -0.25) is 14.7 Å². The summed E-state index contributed by atoms with van der Waals surface area (Å²) in [5.41, 5.74) is 7.06. The highest BCUT2D eigenvalue weighted by molar-refractivity contribution is 5.91. The number of carbonyl (C=O) groups is 2. The monoisotopic (exact) mass is 441 g/mol. The summed E-state index contributed by atoms with van der Waals surface area (Å²) in [5.74, 6) is -0.910. The fourth-order valence-corrected chi connectivity index (χ4v) is 3.19.